The summed E-state index contributed by atoms with van der Waals surface area (Å²) in [7, 11) is 0. The van der Waals surface area contributed by atoms with Crippen molar-refractivity contribution >= 4 is 11.9 Å². The first kappa shape index (κ1) is 15.0. The van der Waals surface area contributed by atoms with Crippen molar-refractivity contribution in [3.63, 3.8) is 0 Å². The number of rotatable bonds is 6. The molecule has 0 saturated carbocycles. The van der Waals surface area contributed by atoms with Gasteiger partial charge in [-0.25, -0.2) is 4.79 Å². The number of aromatic hydroxyl groups is 1. The minimum atomic E-state index is -1.08. The summed E-state index contributed by atoms with van der Waals surface area (Å²) >= 11 is 0. The predicted molar refractivity (Wildman–Crippen MR) is 69.6 cm³/mol. The van der Waals surface area contributed by atoms with E-state index < -0.39 is 24.0 Å². The van der Waals surface area contributed by atoms with E-state index >= 15 is 0 Å². The monoisotopic (exact) mass is 266 g/mol. The highest BCUT2D eigenvalue weighted by Gasteiger charge is 2.21. The number of carbonyl (C=O) groups is 2. The van der Waals surface area contributed by atoms with Crippen LogP contribution >= 0.6 is 0 Å². The van der Waals surface area contributed by atoms with Crippen LogP contribution in [-0.4, -0.2) is 34.2 Å². The quantitative estimate of drug-likeness (QED) is 0.589. The lowest BCUT2D eigenvalue weighted by molar-refractivity contribution is -0.142. The second kappa shape index (κ2) is 6.75. The fourth-order valence-electron chi connectivity index (χ4n) is 1.60. The van der Waals surface area contributed by atoms with E-state index in [0.29, 0.717) is 6.42 Å². The van der Waals surface area contributed by atoms with Gasteiger partial charge in [0.05, 0.1) is 6.04 Å². The summed E-state index contributed by atoms with van der Waals surface area (Å²) in [6.45, 7) is 1.67. The Balaban J connectivity index is 2.57. The van der Waals surface area contributed by atoms with Gasteiger partial charge in [0.25, 0.3) is 0 Å². The molecule has 19 heavy (non-hydrogen) atoms. The molecule has 0 fully saturated rings. The van der Waals surface area contributed by atoms with Gasteiger partial charge in [-0.05, 0) is 30.5 Å². The molecule has 0 aliphatic heterocycles. The standard InChI is InChI=1S/C13H18N2O4/c1-2-11(13(18)19)15-12(17)10(14)7-8-3-5-9(16)6-4-8/h3-6,10-11,16H,2,7,14H2,1H3,(H,15,17)(H,18,19)/t10-,11-/m0/s1. The molecule has 0 bridgehead atoms. The summed E-state index contributed by atoms with van der Waals surface area (Å²) in [6, 6.07) is 4.60. The van der Waals surface area contributed by atoms with E-state index in [1.807, 2.05) is 0 Å². The third-order valence-electron chi connectivity index (χ3n) is 2.75. The lowest BCUT2D eigenvalue weighted by atomic mass is 10.1. The van der Waals surface area contributed by atoms with E-state index in [1.165, 1.54) is 12.1 Å². The lowest BCUT2D eigenvalue weighted by Gasteiger charge is -2.16. The van der Waals surface area contributed by atoms with Crippen molar-refractivity contribution in [2.45, 2.75) is 31.8 Å². The number of benzene rings is 1. The molecule has 0 radical (unpaired) electrons. The van der Waals surface area contributed by atoms with Crippen molar-refractivity contribution in [2.75, 3.05) is 0 Å². The van der Waals surface area contributed by atoms with Gasteiger partial charge in [0.1, 0.15) is 11.8 Å². The summed E-state index contributed by atoms with van der Waals surface area (Å²) in [5, 5.41) is 20.4. The van der Waals surface area contributed by atoms with Crippen LogP contribution in [0.2, 0.25) is 0 Å². The maximum Gasteiger partial charge on any atom is 0.326 e. The number of hydrogen-bond donors (Lipinski definition) is 4. The molecule has 6 nitrogen and oxygen atoms in total. The number of carbonyl (C=O) groups excluding carboxylic acids is 1. The van der Waals surface area contributed by atoms with E-state index in [2.05, 4.69) is 5.32 Å². The number of amides is 1. The SMILES string of the molecule is CC[C@H](NC(=O)[C@@H](N)Cc1ccc(O)cc1)C(=O)O. The van der Waals surface area contributed by atoms with Gasteiger partial charge in [0.2, 0.25) is 5.91 Å². The van der Waals surface area contributed by atoms with Gasteiger partial charge in [-0.3, -0.25) is 4.79 Å². The Bertz CT molecular complexity index is 444. The van der Waals surface area contributed by atoms with Crippen molar-refractivity contribution in [3.8, 4) is 5.75 Å². The molecule has 0 unspecified atom stereocenters. The molecular formula is C13H18N2O4. The van der Waals surface area contributed by atoms with Crippen LogP contribution in [0.15, 0.2) is 24.3 Å². The van der Waals surface area contributed by atoms with Crippen molar-refractivity contribution in [1.29, 1.82) is 0 Å². The zero-order valence-corrected chi connectivity index (χ0v) is 10.7. The average Bonchev–Trinajstić information content (AvgIpc) is 2.37. The van der Waals surface area contributed by atoms with E-state index in [4.69, 9.17) is 15.9 Å². The molecule has 0 aromatic heterocycles. The first-order chi connectivity index (χ1) is 8.93. The van der Waals surface area contributed by atoms with Crippen molar-refractivity contribution in [1.82, 2.24) is 5.32 Å². The van der Waals surface area contributed by atoms with E-state index in [-0.39, 0.29) is 12.2 Å². The molecule has 1 amide bonds. The summed E-state index contributed by atoms with van der Waals surface area (Å²) in [5.74, 6) is -1.44. The number of nitrogens with one attached hydrogen (secondary N) is 1. The van der Waals surface area contributed by atoms with E-state index in [0.717, 1.165) is 5.56 Å². The Hall–Kier alpha value is -2.08. The molecule has 0 aliphatic rings. The van der Waals surface area contributed by atoms with Gasteiger partial charge in [0.15, 0.2) is 0 Å². The van der Waals surface area contributed by atoms with E-state index in [1.54, 1.807) is 19.1 Å². The van der Waals surface area contributed by atoms with Gasteiger partial charge >= 0.3 is 5.97 Å². The van der Waals surface area contributed by atoms with Crippen LogP contribution in [0, 0.1) is 0 Å². The molecule has 5 N–H and O–H groups in total. The maximum absolute atomic E-state index is 11.7. The number of hydrogen-bond acceptors (Lipinski definition) is 4. The molecule has 1 rings (SSSR count). The first-order valence-electron chi connectivity index (χ1n) is 6.00. The minimum Gasteiger partial charge on any atom is -0.508 e. The van der Waals surface area contributed by atoms with Crippen molar-refractivity contribution < 1.29 is 19.8 Å². The van der Waals surface area contributed by atoms with Crippen LogP contribution in [-0.2, 0) is 16.0 Å². The van der Waals surface area contributed by atoms with Crippen molar-refractivity contribution in [2.24, 2.45) is 5.73 Å². The number of aliphatic carboxylic acids is 1. The number of nitrogens with two attached hydrogens (primary N) is 1. The Morgan fingerprint density at radius 1 is 1.32 bits per heavy atom. The molecule has 2 atom stereocenters. The average molecular weight is 266 g/mol. The topological polar surface area (TPSA) is 113 Å². The normalized spacial score (nSPS) is 13.6. The van der Waals surface area contributed by atoms with Crippen LogP contribution in [0.5, 0.6) is 5.75 Å². The molecule has 0 heterocycles. The molecule has 0 aliphatic carbocycles. The molecular weight excluding hydrogens is 248 g/mol. The number of carboxylic acids is 1. The third kappa shape index (κ3) is 4.59. The highest BCUT2D eigenvalue weighted by atomic mass is 16.4. The van der Waals surface area contributed by atoms with Crippen LogP contribution in [0.25, 0.3) is 0 Å². The van der Waals surface area contributed by atoms with Crippen LogP contribution in [0.1, 0.15) is 18.9 Å². The van der Waals surface area contributed by atoms with Gasteiger partial charge < -0.3 is 21.3 Å². The van der Waals surface area contributed by atoms with Gasteiger partial charge in [0, 0.05) is 0 Å². The fraction of sp³-hybridized carbons (Fsp3) is 0.385. The number of phenols is 1. The van der Waals surface area contributed by atoms with E-state index in [9.17, 15) is 9.59 Å². The molecule has 0 spiro atoms. The first-order valence-corrected chi connectivity index (χ1v) is 6.00. The molecule has 1 aromatic rings. The van der Waals surface area contributed by atoms with Crippen LogP contribution < -0.4 is 11.1 Å². The highest BCUT2D eigenvalue weighted by Crippen LogP contribution is 2.11. The second-order valence-electron chi connectivity index (χ2n) is 4.28. The predicted octanol–water partition coefficient (Wildman–Crippen LogP) is 0.241. The number of carboxylic acid groups (broad SMARTS) is 1. The zero-order valence-electron chi connectivity index (χ0n) is 10.7. The summed E-state index contributed by atoms with van der Waals surface area (Å²) in [5.41, 5.74) is 6.52. The van der Waals surface area contributed by atoms with Gasteiger partial charge in [-0.1, -0.05) is 19.1 Å². The summed E-state index contributed by atoms with van der Waals surface area (Å²) in [6.07, 6.45) is 0.579. The molecule has 1 aromatic carbocycles. The highest BCUT2D eigenvalue weighted by molar-refractivity contribution is 5.86. The lowest BCUT2D eigenvalue weighted by Crippen LogP contribution is -2.48. The Kier molecular flexibility index (Phi) is 5.32. The van der Waals surface area contributed by atoms with Gasteiger partial charge in [-0.2, -0.15) is 0 Å². The Morgan fingerprint density at radius 3 is 2.37 bits per heavy atom. The third-order valence-corrected chi connectivity index (χ3v) is 2.75. The molecule has 6 heteroatoms. The smallest absolute Gasteiger partial charge is 0.326 e. The van der Waals surface area contributed by atoms with Crippen LogP contribution in [0.4, 0.5) is 0 Å². The fourth-order valence-corrected chi connectivity index (χ4v) is 1.60. The zero-order chi connectivity index (χ0) is 14.4. The molecule has 104 valence electrons. The maximum atomic E-state index is 11.7. The van der Waals surface area contributed by atoms with Gasteiger partial charge in [-0.15, -0.1) is 0 Å². The Morgan fingerprint density at radius 2 is 1.89 bits per heavy atom. The summed E-state index contributed by atoms with van der Waals surface area (Å²) < 4.78 is 0. The van der Waals surface area contributed by atoms with Crippen molar-refractivity contribution in [3.05, 3.63) is 29.8 Å². The second-order valence-corrected chi connectivity index (χ2v) is 4.28. The number of phenolic OH excluding ortho intramolecular Hbond substituents is 1. The molecule has 0 saturated heterocycles. The largest absolute Gasteiger partial charge is 0.508 e. The Labute approximate surface area is 111 Å². The summed E-state index contributed by atoms with van der Waals surface area (Å²) in [4.78, 5) is 22.5. The minimum absolute atomic E-state index is 0.138. The van der Waals surface area contributed by atoms with Crippen LogP contribution in [0.3, 0.4) is 0 Å².